The monoisotopic (exact) mass is 258 g/mol. The van der Waals surface area contributed by atoms with Crippen molar-refractivity contribution >= 4 is 11.0 Å². The number of rotatable bonds is 0. The van der Waals surface area contributed by atoms with Crippen LogP contribution in [0.3, 0.4) is 0 Å². The molecule has 1 aliphatic heterocycles. The second-order valence-corrected chi connectivity index (χ2v) is 5.11. The van der Waals surface area contributed by atoms with E-state index in [0.717, 1.165) is 12.2 Å². The van der Waals surface area contributed by atoms with Gasteiger partial charge in [0.2, 0.25) is 0 Å². The van der Waals surface area contributed by atoms with Crippen LogP contribution < -0.4 is 5.43 Å². The first-order valence-electron chi connectivity index (χ1n) is 6.59. The second-order valence-electron chi connectivity index (χ2n) is 5.11. The Hall–Kier alpha value is -1.65. The lowest BCUT2D eigenvalue weighted by Crippen LogP contribution is -2.39. The highest BCUT2D eigenvalue weighted by Crippen LogP contribution is 2.35. The fourth-order valence-electron chi connectivity index (χ4n) is 3.01. The number of fused-ring (bicyclic) bond motifs is 2. The molecule has 4 heteroatoms. The Kier molecular flexibility index (Phi) is 2.31. The van der Waals surface area contributed by atoms with Crippen LogP contribution >= 0.6 is 0 Å². The highest BCUT2D eigenvalue weighted by atomic mass is 16.7. The van der Waals surface area contributed by atoms with Gasteiger partial charge in [0.25, 0.3) is 0 Å². The van der Waals surface area contributed by atoms with E-state index in [-0.39, 0.29) is 5.43 Å². The fraction of sp³-hybridized carbons (Fsp3) is 0.400. The lowest BCUT2D eigenvalue weighted by molar-refractivity contribution is -0.165. The quantitative estimate of drug-likeness (QED) is 0.725. The fourth-order valence-corrected chi connectivity index (χ4v) is 3.01. The Morgan fingerprint density at radius 2 is 1.89 bits per heavy atom. The summed E-state index contributed by atoms with van der Waals surface area (Å²) in [5.74, 6) is 0.192. The molecule has 98 valence electrons. The van der Waals surface area contributed by atoms with Gasteiger partial charge in [0.1, 0.15) is 11.3 Å². The van der Waals surface area contributed by atoms with Crippen LogP contribution in [0.25, 0.3) is 11.0 Å². The van der Waals surface area contributed by atoms with Crippen molar-refractivity contribution in [3.05, 3.63) is 45.8 Å². The summed E-state index contributed by atoms with van der Waals surface area (Å²) in [4.78, 5) is 12.5. The molecule has 1 spiro atoms. The van der Waals surface area contributed by atoms with Crippen LogP contribution in [0.15, 0.2) is 33.5 Å². The molecule has 1 aromatic heterocycles. The number of aryl methyl sites for hydroxylation is 1. The van der Waals surface area contributed by atoms with Crippen molar-refractivity contribution in [3.8, 4) is 0 Å². The maximum Gasteiger partial charge on any atom is 0.196 e. The molecule has 0 unspecified atom stereocenters. The van der Waals surface area contributed by atoms with Gasteiger partial charge in [-0.25, -0.2) is 0 Å². The smallest absolute Gasteiger partial charge is 0.196 e. The van der Waals surface area contributed by atoms with E-state index in [1.54, 1.807) is 6.07 Å². The van der Waals surface area contributed by atoms with E-state index in [1.165, 1.54) is 0 Å². The van der Waals surface area contributed by atoms with Gasteiger partial charge < -0.3 is 13.9 Å². The summed E-state index contributed by atoms with van der Waals surface area (Å²) in [5.41, 5.74) is 1.43. The van der Waals surface area contributed by atoms with Crippen LogP contribution in [0.2, 0.25) is 0 Å². The van der Waals surface area contributed by atoms with Crippen molar-refractivity contribution in [1.82, 2.24) is 0 Å². The molecular weight excluding hydrogens is 244 g/mol. The zero-order chi connectivity index (χ0) is 12.9. The molecule has 1 aromatic carbocycles. The van der Waals surface area contributed by atoms with Crippen LogP contribution in [0.4, 0.5) is 0 Å². The number of hydrogen-bond acceptors (Lipinski definition) is 4. The Morgan fingerprint density at radius 3 is 2.74 bits per heavy atom. The lowest BCUT2D eigenvalue weighted by Gasteiger charge is -2.31. The minimum Gasteiger partial charge on any atom is -0.461 e. The van der Waals surface area contributed by atoms with Gasteiger partial charge in [-0.3, -0.25) is 4.79 Å². The van der Waals surface area contributed by atoms with Crippen LogP contribution in [-0.4, -0.2) is 19.0 Å². The first kappa shape index (κ1) is 11.2. The van der Waals surface area contributed by atoms with Gasteiger partial charge in [-0.15, -0.1) is 0 Å². The molecule has 0 bridgehead atoms. The summed E-state index contributed by atoms with van der Waals surface area (Å²) in [6, 6.07) is 7.38. The first-order chi connectivity index (χ1) is 9.27. The van der Waals surface area contributed by atoms with Crippen molar-refractivity contribution < 1.29 is 13.9 Å². The zero-order valence-electron chi connectivity index (χ0n) is 10.5. The maximum absolute atomic E-state index is 12.5. The van der Waals surface area contributed by atoms with Gasteiger partial charge in [0, 0.05) is 24.8 Å². The Bertz CT molecular complexity index is 695. The summed E-state index contributed by atoms with van der Waals surface area (Å²) < 4.78 is 17.3. The topological polar surface area (TPSA) is 48.7 Å². The third-order valence-electron chi connectivity index (χ3n) is 3.97. The van der Waals surface area contributed by atoms with Crippen LogP contribution in [0, 0.1) is 0 Å². The normalized spacial score (nSPS) is 20.8. The van der Waals surface area contributed by atoms with Crippen LogP contribution in [-0.2, 0) is 22.3 Å². The second kappa shape index (κ2) is 3.92. The SMILES string of the molecule is O=c1c2c(oc3ccccc13)CCC1(C2)OCCO1. The summed E-state index contributed by atoms with van der Waals surface area (Å²) in [6.45, 7) is 1.21. The van der Waals surface area contributed by atoms with E-state index in [1.807, 2.05) is 18.2 Å². The molecular formula is C15H14O4. The van der Waals surface area contributed by atoms with Crippen LogP contribution in [0.5, 0.6) is 0 Å². The molecule has 2 aromatic rings. The Morgan fingerprint density at radius 1 is 1.11 bits per heavy atom. The van der Waals surface area contributed by atoms with Crippen molar-refractivity contribution in [1.29, 1.82) is 0 Å². The van der Waals surface area contributed by atoms with E-state index >= 15 is 0 Å². The molecule has 4 rings (SSSR count). The Labute approximate surface area is 109 Å². The predicted octanol–water partition coefficient (Wildman–Crippen LogP) is 2.02. The summed E-state index contributed by atoms with van der Waals surface area (Å²) >= 11 is 0. The highest BCUT2D eigenvalue weighted by Gasteiger charge is 2.41. The third-order valence-corrected chi connectivity index (χ3v) is 3.97. The van der Waals surface area contributed by atoms with Crippen molar-refractivity contribution in [2.24, 2.45) is 0 Å². The zero-order valence-corrected chi connectivity index (χ0v) is 10.5. The van der Waals surface area contributed by atoms with Crippen molar-refractivity contribution in [2.75, 3.05) is 13.2 Å². The molecule has 0 saturated carbocycles. The minimum atomic E-state index is -0.593. The van der Waals surface area contributed by atoms with E-state index in [4.69, 9.17) is 13.9 Å². The van der Waals surface area contributed by atoms with Crippen molar-refractivity contribution in [3.63, 3.8) is 0 Å². The molecule has 0 radical (unpaired) electrons. The first-order valence-corrected chi connectivity index (χ1v) is 6.59. The van der Waals surface area contributed by atoms with Gasteiger partial charge in [0.15, 0.2) is 11.2 Å². The maximum atomic E-state index is 12.5. The molecule has 0 atom stereocenters. The third kappa shape index (κ3) is 1.64. The molecule has 1 fully saturated rings. The molecule has 0 amide bonds. The van der Waals surface area contributed by atoms with Gasteiger partial charge in [-0.2, -0.15) is 0 Å². The van der Waals surface area contributed by atoms with Gasteiger partial charge >= 0.3 is 0 Å². The van der Waals surface area contributed by atoms with E-state index in [0.29, 0.717) is 42.6 Å². The molecule has 4 nitrogen and oxygen atoms in total. The number of benzene rings is 1. The van der Waals surface area contributed by atoms with Gasteiger partial charge in [0.05, 0.1) is 18.6 Å². The van der Waals surface area contributed by atoms with Crippen LogP contribution in [0.1, 0.15) is 17.7 Å². The molecule has 1 saturated heterocycles. The molecule has 19 heavy (non-hydrogen) atoms. The largest absolute Gasteiger partial charge is 0.461 e. The molecule has 2 aliphatic rings. The van der Waals surface area contributed by atoms with Gasteiger partial charge in [-0.05, 0) is 12.1 Å². The summed E-state index contributed by atoms with van der Waals surface area (Å²) in [5, 5.41) is 0.635. The van der Waals surface area contributed by atoms with E-state index in [9.17, 15) is 4.79 Å². The average molecular weight is 258 g/mol. The van der Waals surface area contributed by atoms with Crippen molar-refractivity contribution in [2.45, 2.75) is 25.0 Å². The summed E-state index contributed by atoms with van der Waals surface area (Å²) in [6.07, 6.45) is 1.94. The number of ether oxygens (including phenoxy) is 2. The summed E-state index contributed by atoms with van der Waals surface area (Å²) in [7, 11) is 0. The van der Waals surface area contributed by atoms with Gasteiger partial charge in [-0.1, -0.05) is 12.1 Å². The van der Waals surface area contributed by atoms with E-state index in [2.05, 4.69) is 0 Å². The lowest BCUT2D eigenvalue weighted by atomic mass is 9.90. The Balaban J connectivity index is 1.90. The number of hydrogen-bond donors (Lipinski definition) is 0. The molecule has 2 heterocycles. The highest BCUT2D eigenvalue weighted by molar-refractivity contribution is 5.77. The minimum absolute atomic E-state index is 0.0509. The standard InChI is InChI=1S/C15H14O4/c16-14-10-3-1-2-4-12(10)19-13-5-6-15(9-11(13)14)17-7-8-18-15/h1-4H,5-9H2. The average Bonchev–Trinajstić information content (AvgIpc) is 2.89. The van der Waals surface area contributed by atoms with E-state index < -0.39 is 5.79 Å². The number of para-hydroxylation sites is 1. The molecule has 1 aliphatic carbocycles. The predicted molar refractivity (Wildman–Crippen MR) is 69.1 cm³/mol. The molecule has 0 N–H and O–H groups in total.